The zero-order chi connectivity index (χ0) is 20.7. The first kappa shape index (κ1) is 19.8. The van der Waals surface area contributed by atoms with Crippen molar-refractivity contribution in [1.29, 1.82) is 0 Å². The van der Waals surface area contributed by atoms with E-state index in [-0.39, 0.29) is 22.4 Å². The van der Waals surface area contributed by atoms with Gasteiger partial charge in [0.2, 0.25) is 0 Å². The molecule has 5 fully saturated rings. The van der Waals surface area contributed by atoms with Crippen LogP contribution in [-0.2, 0) is 19.1 Å². The first-order valence-electron chi connectivity index (χ1n) is 12.0. The Bertz CT molecular complexity index is 818. The van der Waals surface area contributed by atoms with E-state index in [2.05, 4.69) is 25.6 Å². The fourth-order valence-electron chi connectivity index (χ4n) is 8.36. The van der Waals surface area contributed by atoms with Crippen LogP contribution < -0.4 is 0 Å². The Hall–Kier alpha value is -0.810. The van der Waals surface area contributed by atoms with Gasteiger partial charge in [0.05, 0.1) is 12.7 Å². The molecule has 4 unspecified atom stereocenters. The molecule has 2 heterocycles. The summed E-state index contributed by atoms with van der Waals surface area (Å²) in [5.74, 6) is 3.34. The molecule has 8 atom stereocenters. The van der Waals surface area contributed by atoms with Gasteiger partial charge in [0.25, 0.3) is 0 Å². The van der Waals surface area contributed by atoms with Crippen LogP contribution in [0, 0.1) is 28.6 Å². The lowest BCUT2D eigenvalue weighted by Crippen LogP contribution is -2.57. The molecular formula is C25H34O4S. The van der Waals surface area contributed by atoms with E-state index < -0.39 is 0 Å². The molecule has 0 N–H and O–H groups in total. The van der Waals surface area contributed by atoms with E-state index in [9.17, 15) is 9.59 Å². The number of carbonyl (C=O) groups excluding carboxylic acids is 2. The molecule has 0 aromatic heterocycles. The number of ether oxygens (including phenoxy) is 2. The van der Waals surface area contributed by atoms with Gasteiger partial charge >= 0.3 is 5.97 Å². The van der Waals surface area contributed by atoms with Gasteiger partial charge in [-0.25, -0.2) is 0 Å². The second-order valence-electron chi connectivity index (χ2n) is 11.3. The van der Waals surface area contributed by atoms with Crippen LogP contribution in [0.1, 0.15) is 71.6 Å². The molecule has 0 aromatic rings. The number of rotatable bonds is 3. The number of fused-ring (bicyclic) bond motifs is 6. The van der Waals surface area contributed by atoms with Crippen LogP contribution >= 0.6 is 11.8 Å². The molecule has 0 bridgehead atoms. The Kier molecular flexibility index (Phi) is 4.37. The maximum Gasteiger partial charge on any atom is 0.306 e. The normalized spacial score (nSPS) is 51.8. The lowest BCUT2D eigenvalue weighted by molar-refractivity contribution is -0.167. The maximum absolute atomic E-state index is 12.3. The summed E-state index contributed by atoms with van der Waals surface area (Å²) in [5.41, 5.74) is 1.50. The van der Waals surface area contributed by atoms with Gasteiger partial charge in [-0.15, -0.1) is 0 Å². The first-order chi connectivity index (χ1) is 14.3. The molecule has 2 saturated heterocycles. The molecule has 6 rings (SSSR count). The van der Waals surface area contributed by atoms with Gasteiger partial charge < -0.3 is 9.47 Å². The Labute approximate surface area is 183 Å². The Morgan fingerprint density at radius 1 is 1.07 bits per heavy atom. The van der Waals surface area contributed by atoms with E-state index in [1.807, 2.05) is 6.08 Å². The number of epoxide rings is 1. The van der Waals surface area contributed by atoms with Crippen molar-refractivity contribution in [3.8, 4) is 0 Å². The number of thioether (sulfide) groups is 1. The number of hydrogen-bond donors (Lipinski definition) is 0. The zero-order valence-corrected chi connectivity index (χ0v) is 19.1. The van der Waals surface area contributed by atoms with Crippen molar-refractivity contribution in [3.05, 3.63) is 11.6 Å². The molecule has 5 heteroatoms. The third-order valence-corrected chi connectivity index (χ3v) is 11.7. The van der Waals surface area contributed by atoms with Crippen LogP contribution in [-0.4, -0.2) is 41.1 Å². The highest BCUT2D eigenvalue weighted by Crippen LogP contribution is 2.70. The van der Waals surface area contributed by atoms with Crippen molar-refractivity contribution < 1.29 is 19.1 Å². The molecule has 30 heavy (non-hydrogen) atoms. The minimum Gasteiger partial charge on any atom is -0.458 e. The van der Waals surface area contributed by atoms with Gasteiger partial charge in [-0.05, 0) is 74.2 Å². The van der Waals surface area contributed by atoms with Gasteiger partial charge in [-0.2, -0.15) is 11.8 Å². The lowest BCUT2D eigenvalue weighted by atomic mass is 9.46. The second kappa shape index (κ2) is 6.60. The fraction of sp³-hybridized carbons (Fsp3) is 0.840. The maximum atomic E-state index is 12.3. The number of hydrogen-bond acceptors (Lipinski definition) is 5. The summed E-state index contributed by atoms with van der Waals surface area (Å²) in [6, 6.07) is 0. The van der Waals surface area contributed by atoms with Crippen LogP contribution in [0.25, 0.3) is 0 Å². The standard InChI is InChI=1S/C25H34O4S/c1-23-7-3-16(26)11-15(23)12-20(30-14-17-13-28-17)22-18(23)4-8-24(2)19(22)5-9-25(24)10-6-21(27)29-25/h11,17-20,22H,3-10,12-14H2,1-2H3/t17?,18?,19?,20-,22?,23+,24+,25-/m1/s1. The molecule has 164 valence electrons. The summed E-state index contributed by atoms with van der Waals surface area (Å²) >= 11 is 2.10. The second-order valence-corrected chi connectivity index (χ2v) is 12.6. The topological polar surface area (TPSA) is 55.9 Å². The van der Waals surface area contributed by atoms with E-state index in [1.165, 1.54) is 18.4 Å². The molecule has 0 aromatic carbocycles. The molecule has 6 aliphatic rings. The SMILES string of the molecule is C[C@]12CCC(=O)C=C1C[C@@H](SCC1CO1)C1C2CC[C@@]2(C)C1CC[C@@]21CCC(=O)O1. The van der Waals surface area contributed by atoms with Crippen LogP contribution in [0.15, 0.2) is 11.6 Å². The van der Waals surface area contributed by atoms with Crippen molar-refractivity contribution in [2.75, 3.05) is 12.4 Å². The molecule has 0 radical (unpaired) electrons. The van der Waals surface area contributed by atoms with Crippen LogP contribution in [0.3, 0.4) is 0 Å². The molecule has 3 saturated carbocycles. The molecule has 2 aliphatic heterocycles. The van der Waals surface area contributed by atoms with E-state index in [0.717, 1.165) is 44.5 Å². The third kappa shape index (κ3) is 2.69. The number of carbonyl (C=O) groups is 2. The average molecular weight is 431 g/mol. The first-order valence-corrected chi connectivity index (χ1v) is 13.1. The summed E-state index contributed by atoms with van der Waals surface area (Å²) in [5, 5.41) is 0.557. The van der Waals surface area contributed by atoms with Crippen molar-refractivity contribution in [2.24, 2.45) is 28.6 Å². The van der Waals surface area contributed by atoms with Crippen molar-refractivity contribution >= 4 is 23.5 Å². The van der Waals surface area contributed by atoms with Gasteiger partial charge in [0.1, 0.15) is 5.60 Å². The average Bonchev–Trinajstić information content (AvgIpc) is 3.40. The van der Waals surface area contributed by atoms with E-state index >= 15 is 0 Å². The van der Waals surface area contributed by atoms with Crippen molar-refractivity contribution in [2.45, 2.75) is 88.6 Å². The largest absolute Gasteiger partial charge is 0.458 e. The van der Waals surface area contributed by atoms with Gasteiger partial charge in [-0.1, -0.05) is 19.4 Å². The monoisotopic (exact) mass is 430 g/mol. The Balaban J connectivity index is 1.37. The summed E-state index contributed by atoms with van der Waals surface area (Å²) < 4.78 is 11.7. The molecule has 4 nitrogen and oxygen atoms in total. The predicted octanol–water partition coefficient (Wildman–Crippen LogP) is 4.70. The van der Waals surface area contributed by atoms with Gasteiger partial charge in [-0.3, -0.25) is 9.59 Å². The predicted molar refractivity (Wildman–Crippen MR) is 116 cm³/mol. The van der Waals surface area contributed by atoms with Crippen LogP contribution in [0.4, 0.5) is 0 Å². The summed E-state index contributed by atoms with van der Waals surface area (Å²) in [4.78, 5) is 24.4. The zero-order valence-electron chi connectivity index (χ0n) is 18.3. The smallest absolute Gasteiger partial charge is 0.306 e. The third-order valence-electron chi connectivity index (χ3n) is 10.2. The highest BCUT2D eigenvalue weighted by Gasteiger charge is 2.68. The van der Waals surface area contributed by atoms with Gasteiger partial charge in [0.15, 0.2) is 5.78 Å². The Morgan fingerprint density at radius 3 is 2.60 bits per heavy atom. The quantitative estimate of drug-likeness (QED) is 0.480. The number of ketones is 1. The highest BCUT2D eigenvalue weighted by molar-refractivity contribution is 8.00. The fourth-order valence-corrected chi connectivity index (χ4v) is 9.91. The minimum absolute atomic E-state index is 0.0161. The van der Waals surface area contributed by atoms with Crippen molar-refractivity contribution in [3.63, 3.8) is 0 Å². The van der Waals surface area contributed by atoms with Gasteiger partial charge in [0, 0.05) is 29.3 Å². The van der Waals surface area contributed by atoms with E-state index in [4.69, 9.17) is 9.47 Å². The molecular weight excluding hydrogens is 396 g/mol. The number of allylic oxidation sites excluding steroid dienone is 1. The highest BCUT2D eigenvalue weighted by atomic mass is 32.2. The van der Waals surface area contributed by atoms with Crippen molar-refractivity contribution in [1.82, 2.24) is 0 Å². The van der Waals surface area contributed by atoms with Crippen LogP contribution in [0.2, 0.25) is 0 Å². The summed E-state index contributed by atoms with van der Waals surface area (Å²) in [6.07, 6.45) is 11.4. The number of esters is 1. The molecule has 4 aliphatic carbocycles. The molecule has 0 amide bonds. The van der Waals surface area contributed by atoms with E-state index in [0.29, 0.717) is 47.7 Å². The lowest BCUT2D eigenvalue weighted by Gasteiger charge is -2.61. The van der Waals surface area contributed by atoms with E-state index in [1.54, 1.807) is 0 Å². The minimum atomic E-state index is -0.214. The van der Waals surface area contributed by atoms with Crippen LogP contribution in [0.5, 0.6) is 0 Å². The summed E-state index contributed by atoms with van der Waals surface area (Å²) in [7, 11) is 0. The summed E-state index contributed by atoms with van der Waals surface area (Å²) in [6.45, 7) is 5.81. The Morgan fingerprint density at radius 2 is 1.87 bits per heavy atom. The molecule has 1 spiro atoms.